The van der Waals surface area contributed by atoms with Gasteiger partial charge in [-0.25, -0.2) is 0 Å². The van der Waals surface area contributed by atoms with Crippen LogP contribution in [0.5, 0.6) is 0 Å². The first-order valence-electron chi connectivity index (χ1n) is 4.18. The molecular formula is C8H20N2S. The van der Waals surface area contributed by atoms with Gasteiger partial charge in [-0.2, -0.15) is 11.8 Å². The average molecular weight is 176 g/mol. The van der Waals surface area contributed by atoms with Crippen LogP contribution >= 0.6 is 11.8 Å². The molecule has 0 fully saturated rings. The minimum Gasteiger partial charge on any atom is -0.318 e. The lowest BCUT2D eigenvalue weighted by atomic mass is 10.3. The molecule has 2 nitrogen and oxygen atoms in total. The Morgan fingerprint density at radius 2 is 2.18 bits per heavy atom. The van der Waals surface area contributed by atoms with Crippen molar-refractivity contribution in [2.24, 2.45) is 0 Å². The molecule has 0 aromatic rings. The molecule has 0 saturated heterocycles. The summed E-state index contributed by atoms with van der Waals surface area (Å²) < 4.78 is 0. The number of hydrogen-bond acceptors (Lipinski definition) is 3. The van der Waals surface area contributed by atoms with Crippen LogP contribution in [0, 0.1) is 0 Å². The Morgan fingerprint density at radius 3 is 2.73 bits per heavy atom. The van der Waals surface area contributed by atoms with E-state index in [0.717, 1.165) is 13.1 Å². The zero-order valence-electron chi connectivity index (χ0n) is 7.81. The predicted octanol–water partition coefficient (Wildman–Crippen LogP) is 0.937. The van der Waals surface area contributed by atoms with E-state index in [9.17, 15) is 0 Å². The Balaban J connectivity index is 2.97. The van der Waals surface area contributed by atoms with Crippen LogP contribution in [0.1, 0.15) is 13.3 Å². The zero-order valence-corrected chi connectivity index (χ0v) is 8.63. The molecule has 0 aromatic carbocycles. The maximum absolute atomic E-state index is 3.44. The van der Waals surface area contributed by atoms with E-state index in [1.165, 1.54) is 12.2 Å². The molecule has 0 amide bonds. The summed E-state index contributed by atoms with van der Waals surface area (Å²) in [6, 6.07) is 0.599. The van der Waals surface area contributed by atoms with Crippen LogP contribution in [0.15, 0.2) is 0 Å². The lowest BCUT2D eigenvalue weighted by molar-refractivity contribution is 0.523. The highest BCUT2D eigenvalue weighted by Gasteiger charge is 1.96. The Morgan fingerprint density at radius 1 is 1.45 bits per heavy atom. The van der Waals surface area contributed by atoms with Crippen LogP contribution in [0.25, 0.3) is 0 Å². The second kappa shape index (κ2) is 8.37. The van der Waals surface area contributed by atoms with Gasteiger partial charge in [-0.15, -0.1) is 0 Å². The molecule has 11 heavy (non-hydrogen) atoms. The van der Waals surface area contributed by atoms with E-state index in [4.69, 9.17) is 0 Å². The number of rotatable bonds is 7. The largest absolute Gasteiger partial charge is 0.318 e. The monoisotopic (exact) mass is 176 g/mol. The summed E-state index contributed by atoms with van der Waals surface area (Å²) in [5, 5.41) is 6.58. The first kappa shape index (κ1) is 11.3. The predicted molar refractivity (Wildman–Crippen MR) is 54.4 cm³/mol. The average Bonchev–Trinajstić information content (AvgIpc) is 1.99. The summed E-state index contributed by atoms with van der Waals surface area (Å²) in [6.45, 7) is 4.40. The molecule has 1 unspecified atom stereocenters. The Labute approximate surface area is 74.5 Å². The van der Waals surface area contributed by atoms with Crippen molar-refractivity contribution in [1.82, 2.24) is 10.6 Å². The lowest BCUT2D eigenvalue weighted by Gasteiger charge is -2.12. The molecule has 0 radical (unpaired) electrons. The molecular weight excluding hydrogens is 156 g/mol. The molecule has 0 rings (SSSR count). The van der Waals surface area contributed by atoms with Gasteiger partial charge >= 0.3 is 0 Å². The van der Waals surface area contributed by atoms with Gasteiger partial charge in [0.2, 0.25) is 0 Å². The summed E-state index contributed by atoms with van der Waals surface area (Å²) in [7, 11) is 1.99. The lowest BCUT2D eigenvalue weighted by Crippen LogP contribution is -2.35. The van der Waals surface area contributed by atoms with Crippen LogP contribution < -0.4 is 10.6 Å². The number of thioether (sulfide) groups is 1. The van der Waals surface area contributed by atoms with Crippen LogP contribution in [0.3, 0.4) is 0 Å². The molecule has 0 aromatic heterocycles. The van der Waals surface area contributed by atoms with Crippen molar-refractivity contribution in [1.29, 1.82) is 0 Å². The number of nitrogens with one attached hydrogen (secondary N) is 2. The van der Waals surface area contributed by atoms with E-state index in [2.05, 4.69) is 23.8 Å². The van der Waals surface area contributed by atoms with Crippen LogP contribution in [0.4, 0.5) is 0 Å². The third-order valence-electron chi connectivity index (χ3n) is 1.53. The fourth-order valence-corrected chi connectivity index (χ4v) is 1.38. The molecule has 0 aliphatic carbocycles. The van der Waals surface area contributed by atoms with Gasteiger partial charge < -0.3 is 10.6 Å². The van der Waals surface area contributed by atoms with Crippen LogP contribution in [-0.2, 0) is 0 Å². The van der Waals surface area contributed by atoms with Gasteiger partial charge in [-0.3, -0.25) is 0 Å². The van der Waals surface area contributed by atoms with Gasteiger partial charge in [0, 0.05) is 12.6 Å². The van der Waals surface area contributed by atoms with Crippen LogP contribution in [0.2, 0.25) is 0 Å². The van der Waals surface area contributed by atoms with Gasteiger partial charge in [0.05, 0.1) is 0 Å². The van der Waals surface area contributed by atoms with Crippen molar-refractivity contribution in [3.63, 3.8) is 0 Å². The summed E-state index contributed by atoms with van der Waals surface area (Å²) in [5.41, 5.74) is 0. The highest BCUT2D eigenvalue weighted by molar-refractivity contribution is 7.98. The standard InChI is InChI=1S/C8H20N2S/c1-8(7-9-2)10-5-4-6-11-3/h8-10H,4-7H2,1-3H3. The summed E-state index contributed by atoms with van der Waals surface area (Å²) >= 11 is 1.91. The van der Waals surface area contributed by atoms with E-state index in [1.807, 2.05) is 18.8 Å². The van der Waals surface area contributed by atoms with E-state index < -0.39 is 0 Å². The van der Waals surface area contributed by atoms with Crippen molar-refractivity contribution in [3.8, 4) is 0 Å². The van der Waals surface area contributed by atoms with E-state index in [0.29, 0.717) is 6.04 Å². The summed E-state index contributed by atoms with van der Waals surface area (Å²) in [5.74, 6) is 1.26. The van der Waals surface area contributed by atoms with Gasteiger partial charge in [0.1, 0.15) is 0 Å². The topological polar surface area (TPSA) is 24.1 Å². The highest BCUT2D eigenvalue weighted by Crippen LogP contribution is 1.93. The van der Waals surface area contributed by atoms with Crippen molar-refractivity contribution in [2.45, 2.75) is 19.4 Å². The highest BCUT2D eigenvalue weighted by atomic mass is 32.2. The molecule has 0 spiro atoms. The van der Waals surface area contributed by atoms with Gasteiger partial charge in [-0.05, 0) is 38.9 Å². The van der Waals surface area contributed by atoms with E-state index in [-0.39, 0.29) is 0 Å². The summed E-state index contributed by atoms with van der Waals surface area (Å²) in [6.07, 6.45) is 3.42. The molecule has 0 bridgehead atoms. The van der Waals surface area contributed by atoms with Crippen molar-refractivity contribution >= 4 is 11.8 Å². The maximum atomic E-state index is 3.44. The number of hydrogen-bond donors (Lipinski definition) is 2. The second-order valence-corrected chi connectivity index (χ2v) is 3.74. The SMILES string of the molecule is CNCC(C)NCCCSC. The smallest absolute Gasteiger partial charge is 0.0164 e. The molecule has 3 heteroatoms. The van der Waals surface area contributed by atoms with Crippen LogP contribution in [-0.4, -0.2) is 38.2 Å². The van der Waals surface area contributed by atoms with E-state index >= 15 is 0 Å². The van der Waals surface area contributed by atoms with Crippen molar-refractivity contribution in [2.75, 3.05) is 32.1 Å². The molecule has 0 aliphatic heterocycles. The van der Waals surface area contributed by atoms with Gasteiger partial charge in [0.15, 0.2) is 0 Å². The maximum Gasteiger partial charge on any atom is 0.0164 e. The first-order valence-corrected chi connectivity index (χ1v) is 5.57. The van der Waals surface area contributed by atoms with E-state index in [1.54, 1.807) is 0 Å². The van der Waals surface area contributed by atoms with Gasteiger partial charge in [0.25, 0.3) is 0 Å². The number of likely N-dealkylation sites (N-methyl/N-ethyl adjacent to an activating group) is 1. The third-order valence-corrected chi connectivity index (χ3v) is 2.23. The fourth-order valence-electron chi connectivity index (χ4n) is 0.943. The minimum atomic E-state index is 0.599. The molecule has 0 aliphatic rings. The third kappa shape index (κ3) is 8.17. The second-order valence-electron chi connectivity index (χ2n) is 2.76. The summed E-state index contributed by atoms with van der Waals surface area (Å²) in [4.78, 5) is 0. The minimum absolute atomic E-state index is 0.599. The van der Waals surface area contributed by atoms with Gasteiger partial charge in [-0.1, -0.05) is 0 Å². The molecule has 68 valence electrons. The fraction of sp³-hybridized carbons (Fsp3) is 1.00. The van der Waals surface area contributed by atoms with Crippen molar-refractivity contribution < 1.29 is 0 Å². The normalized spacial score (nSPS) is 13.4. The quantitative estimate of drug-likeness (QED) is 0.565. The zero-order chi connectivity index (χ0) is 8.53. The molecule has 0 heterocycles. The first-order chi connectivity index (χ1) is 5.31. The Hall–Kier alpha value is 0.270. The Bertz CT molecular complexity index is 78.5. The molecule has 2 N–H and O–H groups in total. The van der Waals surface area contributed by atoms with Crippen molar-refractivity contribution in [3.05, 3.63) is 0 Å². The Kier molecular flexibility index (Phi) is 8.57. The molecule has 0 saturated carbocycles. The molecule has 1 atom stereocenters.